The molecule has 2 heterocycles. The molecule has 324 valence electrons. The summed E-state index contributed by atoms with van der Waals surface area (Å²) < 4.78 is 2.28. The van der Waals surface area contributed by atoms with Crippen molar-refractivity contribution in [1.29, 1.82) is 10.5 Å². The molecule has 0 aliphatic rings. The van der Waals surface area contributed by atoms with E-state index in [-0.39, 0.29) is 0 Å². The standard InChI is InChI=1S/C62H36N8/c1-65-49-15-11-13-44(35-49)58-38-57(67-62(68-58)45-14-12-16-50(36-45)66-2)42-23-25-43(26-24-42)61-47(39-63)33-46(34-48(61)40-64)41-27-29-53(30-28-41)70-59-22-10-9-21-55(59)56-37-54(31-32-60(56)70)69(51-17-5-3-6-18-51)52-19-7-4-8-20-52/h3-38H. The van der Waals surface area contributed by atoms with Gasteiger partial charge in [-0.2, -0.15) is 10.5 Å². The van der Waals surface area contributed by atoms with E-state index in [9.17, 15) is 10.5 Å². The first-order valence-corrected chi connectivity index (χ1v) is 22.5. The Labute approximate surface area is 404 Å². The summed E-state index contributed by atoms with van der Waals surface area (Å²) in [7, 11) is 0. The molecule has 0 aliphatic carbocycles. The summed E-state index contributed by atoms with van der Waals surface area (Å²) in [6.07, 6.45) is 0. The van der Waals surface area contributed by atoms with E-state index < -0.39 is 0 Å². The molecule has 2 aromatic heterocycles. The quantitative estimate of drug-likeness (QED) is 0.135. The highest BCUT2D eigenvalue weighted by Crippen LogP contribution is 2.41. The Kier molecular flexibility index (Phi) is 10.9. The van der Waals surface area contributed by atoms with Crippen LogP contribution in [0.25, 0.3) is 93.3 Å². The first kappa shape index (κ1) is 42.3. The lowest BCUT2D eigenvalue weighted by Crippen LogP contribution is -2.09. The molecule has 8 heteroatoms. The van der Waals surface area contributed by atoms with Crippen molar-refractivity contribution in [3.63, 3.8) is 0 Å². The third-order valence-corrected chi connectivity index (χ3v) is 12.5. The van der Waals surface area contributed by atoms with Gasteiger partial charge in [0, 0.05) is 50.2 Å². The minimum atomic E-state index is 0.384. The maximum Gasteiger partial charge on any atom is 0.187 e. The third kappa shape index (κ3) is 7.83. The number of benzene rings is 9. The molecule has 0 unspecified atom stereocenters. The maximum absolute atomic E-state index is 10.6. The summed E-state index contributed by atoms with van der Waals surface area (Å²) >= 11 is 0. The van der Waals surface area contributed by atoms with Crippen molar-refractivity contribution in [3.05, 3.63) is 252 Å². The monoisotopic (exact) mass is 892 g/mol. The highest BCUT2D eigenvalue weighted by Gasteiger charge is 2.19. The van der Waals surface area contributed by atoms with Crippen LogP contribution in [0.2, 0.25) is 0 Å². The zero-order valence-corrected chi connectivity index (χ0v) is 37.4. The molecule has 0 fully saturated rings. The molecule has 0 atom stereocenters. The fourth-order valence-electron chi connectivity index (χ4n) is 9.21. The van der Waals surface area contributed by atoms with Crippen molar-refractivity contribution in [2.75, 3.05) is 4.90 Å². The van der Waals surface area contributed by atoms with E-state index in [1.807, 2.05) is 84.9 Å². The maximum atomic E-state index is 10.6. The lowest BCUT2D eigenvalue weighted by atomic mass is 9.90. The summed E-state index contributed by atoms with van der Waals surface area (Å²) in [6.45, 7) is 15.1. The van der Waals surface area contributed by atoms with Crippen molar-refractivity contribution >= 4 is 50.2 Å². The van der Waals surface area contributed by atoms with Crippen LogP contribution in [0, 0.1) is 35.8 Å². The summed E-state index contributed by atoms with van der Waals surface area (Å²) in [6, 6.07) is 76.6. The van der Waals surface area contributed by atoms with Crippen LogP contribution < -0.4 is 4.90 Å². The van der Waals surface area contributed by atoms with E-state index in [4.69, 9.17) is 23.1 Å². The topological polar surface area (TPSA) is 90.2 Å². The van der Waals surface area contributed by atoms with Gasteiger partial charge in [-0.05, 0) is 113 Å². The van der Waals surface area contributed by atoms with Crippen LogP contribution in [-0.2, 0) is 0 Å². The number of nitriles is 2. The molecule has 11 aromatic rings. The van der Waals surface area contributed by atoms with Gasteiger partial charge >= 0.3 is 0 Å². The van der Waals surface area contributed by atoms with Crippen molar-refractivity contribution < 1.29 is 0 Å². The molecule has 0 spiro atoms. The van der Waals surface area contributed by atoms with Crippen LogP contribution in [0.5, 0.6) is 0 Å². The van der Waals surface area contributed by atoms with Crippen molar-refractivity contribution in [2.45, 2.75) is 0 Å². The zero-order valence-electron chi connectivity index (χ0n) is 37.4. The van der Waals surface area contributed by atoms with E-state index in [1.165, 1.54) is 0 Å². The average molecular weight is 893 g/mol. The van der Waals surface area contributed by atoms with Gasteiger partial charge < -0.3 is 9.47 Å². The smallest absolute Gasteiger partial charge is 0.187 e. The van der Waals surface area contributed by atoms with Crippen molar-refractivity contribution in [3.8, 4) is 74.0 Å². The molecular formula is C62H36N8. The van der Waals surface area contributed by atoms with Crippen molar-refractivity contribution in [2.24, 2.45) is 0 Å². The highest BCUT2D eigenvalue weighted by atomic mass is 15.1. The summed E-state index contributed by atoms with van der Waals surface area (Å²) in [5.41, 5.74) is 14.5. The molecule has 8 nitrogen and oxygen atoms in total. The molecule has 0 N–H and O–H groups in total. The molecule has 0 bridgehead atoms. The average Bonchev–Trinajstić information content (AvgIpc) is 3.77. The Morgan fingerprint density at radius 2 is 0.957 bits per heavy atom. The number of hydrogen-bond acceptors (Lipinski definition) is 5. The first-order valence-electron chi connectivity index (χ1n) is 22.5. The Morgan fingerprint density at radius 1 is 0.414 bits per heavy atom. The number of anilines is 3. The Morgan fingerprint density at radius 3 is 1.59 bits per heavy atom. The van der Waals surface area contributed by atoms with Gasteiger partial charge in [0.2, 0.25) is 0 Å². The van der Waals surface area contributed by atoms with Crippen LogP contribution in [0.1, 0.15) is 11.1 Å². The second-order valence-electron chi connectivity index (χ2n) is 16.6. The van der Waals surface area contributed by atoms with Gasteiger partial charge in [0.25, 0.3) is 0 Å². The Hall–Kier alpha value is -10.4. The van der Waals surface area contributed by atoms with Gasteiger partial charge in [-0.3, -0.25) is 0 Å². The number of rotatable bonds is 9. The van der Waals surface area contributed by atoms with Gasteiger partial charge in [0.1, 0.15) is 0 Å². The van der Waals surface area contributed by atoms with E-state index >= 15 is 0 Å². The minimum absolute atomic E-state index is 0.384. The second-order valence-corrected chi connectivity index (χ2v) is 16.6. The van der Waals surface area contributed by atoms with Gasteiger partial charge in [-0.15, -0.1) is 0 Å². The zero-order chi connectivity index (χ0) is 47.6. The Balaban J connectivity index is 0.929. The number of aromatic nitrogens is 3. The van der Waals surface area contributed by atoms with Crippen LogP contribution >= 0.6 is 0 Å². The van der Waals surface area contributed by atoms with Gasteiger partial charge in [0.15, 0.2) is 17.2 Å². The molecule has 0 radical (unpaired) electrons. The fraction of sp³-hybridized carbons (Fsp3) is 0. The van der Waals surface area contributed by atoms with Crippen LogP contribution in [-0.4, -0.2) is 14.5 Å². The predicted molar refractivity (Wildman–Crippen MR) is 280 cm³/mol. The first-order chi connectivity index (χ1) is 34.5. The largest absolute Gasteiger partial charge is 0.310 e. The molecule has 0 saturated heterocycles. The highest BCUT2D eigenvalue weighted by molar-refractivity contribution is 6.10. The molecule has 70 heavy (non-hydrogen) atoms. The molecule has 0 saturated carbocycles. The number of fused-ring (bicyclic) bond motifs is 3. The SMILES string of the molecule is [C-]#[N+]c1cccc(-c2cc(-c3ccc(-c4c(C#N)cc(-c5ccc(-n6c7ccccc7c7cc(N(c8ccccc8)c8ccccc8)ccc76)cc5)cc4C#N)cc3)nc(-c3cccc([N+]#[C-])c3)n2)c1. The van der Waals surface area contributed by atoms with E-state index in [1.54, 1.807) is 30.3 Å². The Bertz CT molecular complexity index is 3830. The number of para-hydroxylation sites is 3. The molecule has 0 aliphatic heterocycles. The second kappa shape index (κ2) is 18.1. The minimum Gasteiger partial charge on any atom is -0.310 e. The molecule has 11 rings (SSSR count). The summed E-state index contributed by atoms with van der Waals surface area (Å²) in [5.74, 6) is 0.441. The molecular weight excluding hydrogens is 857 g/mol. The van der Waals surface area contributed by atoms with Crippen molar-refractivity contribution in [1.82, 2.24) is 14.5 Å². The van der Waals surface area contributed by atoms with Crippen LogP contribution in [0.4, 0.5) is 28.4 Å². The van der Waals surface area contributed by atoms with Gasteiger partial charge in [-0.1, -0.05) is 127 Å². The normalized spacial score (nSPS) is 10.8. The van der Waals surface area contributed by atoms with Gasteiger partial charge in [-0.25, -0.2) is 19.7 Å². The van der Waals surface area contributed by atoms with Crippen LogP contribution in [0.15, 0.2) is 218 Å². The lowest BCUT2D eigenvalue weighted by Gasteiger charge is -2.25. The molecule has 9 aromatic carbocycles. The summed E-state index contributed by atoms with van der Waals surface area (Å²) in [5, 5.41) is 23.5. The van der Waals surface area contributed by atoms with Gasteiger partial charge in [0.05, 0.1) is 58.8 Å². The predicted octanol–water partition coefficient (Wildman–Crippen LogP) is 16.2. The molecule has 0 amide bonds. The number of nitrogens with zero attached hydrogens (tertiary/aromatic N) is 8. The summed E-state index contributed by atoms with van der Waals surface area (Å²) in [4.78, 5) is 19.3. The van der Waals surface area contributed by atoms with E-state index in [0.29, 0.717) is 56.4 Å². The number of hydrogen-bond donors (Lipinski definition) is 0. The van der Waals surface area contributed by atoms with E-state index in [2.05, 4.69) is 134 Å². The fourth-order valence-corrected chi connectivity index (χ4v) is 9.21. The van der Waals surface area contributed by atoms with Crippen LogP contribution in [0.3, 0.4) is 0 Å². The third-order valence-electron chi connectivity index (χ3n) is 12.5. The van der Waals surface area contributed by atoms with E-state index in [0.717, 1.165) is 66.8 Å². The lowest BCUT2D eigenvalue weighted by molar-refractivity contribution is 1.18.